The van der Waals surface area contributed by atoms with Crippen molar-refractivity contribution in [3.8, 4) is 0 Å². The van der Waals surface area contributed by atoms with Crippen LogP contribution in [0.25, 0.3) is 0 Å². The zero-order chi connectivity index (χ0) is 10.4. The average molecular weight is 197 g/mol. The molecule has 6 nitrogen and oxygen atoms in total. The number of carboxylic acid groups (broad SMARTS) is 1. The highest BCUT2D eigenvalue weighted by Gasteiger charge is 2.15. The van der Waals surface area contributed by atoms with Crippen LogP contribution in [-0.2, 0) is 9.53 Å². The molecule has 1 atom stereocenters. The van der Waals surface area contributed by atoms with Crippen LogP contribution in [0.1, 0.15) is 0 Å². The first-order valence-electron chi connectivity index (χ1n) is 3.99. The van der Waals surface area contributed by atoms with E-state index in [4.69, 9.17) is 9.84 Å². The summed E-state index contributed by atoms with van der Waals surface area (Å²) in [6, 6.07) is 0. The van der Waals surface area contributed by atoms with Crippen molar-refractivity contribution >= 4 is 11.8 Å². The molecule has 0 saturated carbocycles. The Labute approximate surface area is 80.9 Å². The molecule has 0 amide bonds. The molecule has 14 heavy (non-hydrogen) atoms. The highest BCUT2D eigenvalue weighted by molar-refractivity contribution is 5.73. The first-order chi connectivity index (χ1) is 6.74. The average Bonchev–Trinajstić information content (AvgIpc) is 2.20. The molecular weight excluding hydrogens is 186 g/mol. The Morgan fingerprint density at radius 1 is 1.71 bits per heavy atom. The van der Waals surface area contributed by atoms with Crippen LogP contribution < -0.4 is 5.32 Å². The van der Waals surface area contributed by atoms with Gasteiger partial charge in [0.2, 0.25) is 0 Å². The number of hydrogen-bond donors (Lipinski definition) is 2. The summed E-state index contributed by atoms with van der Waals surface area (Å²) in [5.74, 6) is -0.486. The molecule has 0 bridgehead atoms. The zero-order valence-corrected chi connectivity index (χ0v) is 7.67. The summed E-state index contributed by atoms with van der Waals surface area (Å²) in [6.45, 7) is 0.157. The van der Waals surface area contributed by atoms with E-state index in [1.54, 1.807) is 0 Å². The van der Waals surface area contributed by atoms with Gasteiger partial charge in [-0.3, -0.25) is 4.98 Å². The van der Waals surface area contributed by atoms with Crippen molar-refractivity contribution in [1.29, 1.82) is 0 Å². The van der Waals surface area contributed by atoms with E-state index in [9.17, 15) is 4.79 Å². The fraction of sp³-hybridized carbons (Fsp3) is 0.375. The molecule has 0 aliphatic rings. The highest BCUT2D eigenvalue weighted by atomic mass is 16.5. The smallest absolute Gasteiger partial charge is 0.334 e. The number of anilines is 1. The van der Waals surface area contributed by atoms with Crippen LogP contribution in [0, 0.1) is 0 Å². The Bertz CT molecular complexity index is 291. The second-order valence-corrected chi connectivity index (χ2v) is 2.53. The Morgan fingerprint density at radius 2 is 2.50 bits per heavy atom. The number of carbonyl (C=O) groups is 1. The summed E-state index contributed by atoms with van der Waals surface area (Å²) < 4.78 is 4.72. The molecule has 0 aromatic carbocycles. The number of aliphatic carboxylic acids is 1. The van der Waals surface area contributed by atoms with E-state index in [1.807, 2.05) is 0 Å². The van der Waals surface area contributed by atoms with Gasteiger partial charge in [-0.05, 0) is 0 Å². The van der Waals surface area contributed by atoms with Gasteiger partial charge in [0.15, 0.2) is 6.10 Å². The Morgan fingerprint density at radius 3 is 3.00 bits per heavy atom. The molecule has 1 unspecified atom stereocenters. The lowest BCUT2D eigenvalue weighted by Gasteiger charge is -2.11. The van der Waals surface area contributed by atoms with Gasteiger partial charge in [0, 0.05) is 19.5 Å². The van der Waals surface area contributed by atoms with E-state index in [-0.39, 0.29) is 6.54 Å². The number of hydrogen-bond acceptors (Lipinski definition) is 5. The van der Waals surface area contributed by atoms with Crippen LogP contribution >= 0.6 is 0 Å². The van der Waals surface area contributed by atoms with Crippen LogP contribution in [0.2, 0.25) is 0 Å². The van der Waals surface area contributed by atoms with Crippen LogP contribution in [0.5, 0.6) is 0 Å². The van der Waals surface area contributed by atoms with Crippen LogP contribution in [0.4, 0.5) is 5.82 Å². The van der Waals surface area contributed by atoms with Crippen molar-refractivity contribution in [2.45, 2.75) is 6.10 Å². The van der Waals surface area contributed by atoms with Gasteiger partial charge in [-0.2, -0.15) is 0 Å². The summed E-state index contributed by atoms with van der Waals surface area (Å²) in [4.78, 5) is 18.3. The number of rotatable bonds is 5. The van der Waals surface area contributed by atoms with Gasteiger partial charge in [-0.15, -0.1) is 0 Å². The largest absolute Gasteiger partial charge is 0.479 e. The van der Waals surface area contributed by atoms with Gasteiger partial charge < -0.3 is 15.2 Å². The third-order valence-electron chi connectivity index (χ3n) is 1.59. The number of aromatic nitrogens is 2. The van der Waals surface area contributed by atoms with Crippen molar-refractivity contribution in [3.05, 3.63) is 18.6 Å². The first kappa shape index (κ1) is 10.4. The topological polar surface area (TPSA) is 84.3 Å². The van der Waals surface area contributed by atoms with Crippen molar-refractivity contribution in [2.75, 3.05) is 19.0 Å². The minimum absolute atomic E-state index is 0.157. The van der Waals surface area contributed by atoms with Crippen LogP contribution in [0.3, 0.4) is 0 Å². The summed E-state index contributed by atoms with van der Waals surface area (Å²) in [7, 11) is 1.34. The summed E-state index contributed by atoms with van der Waals surface area (Å²) in [5.41, 5.74) is 0. The van der Waals surface area contributed by atoms with Gasteiger partial charge in [0.05, 0.1) is 12.7 Å². The minimum atomic E-state index is -1.01. The minimum Gasteiger partial charge on any atom is -0.479 e. The fourth-order valence-corrected chi connectivity index (χ4v) is 0.859. The van der Waals surface area contributed by atoms with Crippen LogP contribution in [0.15, 0.2) is 18.6 Å². The van der Waals surface area contributed by atoms with E-state index >= 15 is 0 Å². The Hall–Kier alpha value is -1.69. The van der Waals surface area contributed by atoms with Crippen molar-refractivity contribution in [3.63, 3.8) is 0 Å². The molecule has 1 heterocycles. The lowest BCUT2D eigenvalue weighted by Crippen LogP contribution is -2.30. The third kappa shape index (κ3) is 2.98. The molecule has 0 fully saturated rings. The molecule has 1 aromatic rings. The number of nitrogens with one attached hydrogen (secondary N) is 1. The molecule has 1 rings (SSSR count). The second-order valence-electron chi connectivity index (χ2n) is 2.53. The maximum absolute atomic E-state index is 10.6. The summed E-state index contributed by atoms with van der Waals surface area (Å²) >= 11 is 0. The van der Waals surface area contributed by atoms with Crippen molar-refractivity contribution in [2.24, 2.45) is 0 Å². The molecule has 1 aromatic heterocycles. The summed E-state index contributed by atoms with van der Waals surface area (Å²) in [6.07, 6.45) is 3.69. The molecule has 0 spiro atoms. The van der Waals surface area contributed by atoms with E-state index in [0.29, 0.717) is 5.82 Å². The first-order valence-corrected chi connectivity index (χ1v) is 3.99. The fourth-order valence-electron chi connectivity index (χ4n) is 0.859. The van der Waals surface area contributed by atoms with Gasteiger partial charge in [0.25, 0.3) is 0 Å². The van der Waals surface area contributed by atoms with E-state index in [0.717, 1.165) is 0 Å². The number of nitrogens with zero attached hydrogens (tertiary/aromatic N) is 2. The van der Waals surface area contributed by atoms with Gasteiger partial charge in [0.1, 0.15) is 5.82 Å². The maximum Gasteiger partial charge on any atom is 0.334 e. The normalized spacial score (nSPS) is 12.1. The molecule has 76 valence electrons. The molecule has 0 aliphatic carbocycles. The van der Waals surface area contributed by atoms with Crippen molar-refractivity contribution in [1.82, 2.24) is 9.97 Å². The van der Waals surface area contributed by atoms with Gasteiger partial charge >= 0.3 is 5.97 Å². The van der Waals surface area contributed by atoms with E-state index in [1.165, 1.54) is 25.7 Å². The summed E-state index contributed by atoms with van der Waals surface area (Å²) in [5, 5.41) is 11.4. The molecular formula is C8H11N3O3. The third-order valence-corrected chi connectivity index (χ3v) is 1.59. The Balaban J connectivity index is 2.44. The molecule has 2 N–H and O–H groups in total. The predicted molar refractivity (Wildman–Crippen MR) is 49.0 cm³/mol. The van der Waals surface area contributed by atoms with Crippen molar-refractivity contribution < 1.29 is 14.6 Å². The van der Waals surface area contributed by atoms with Gasteiger partial charge in [-0.1, -0.05) is 0 Å². The SMILES string of the molecule is COC(CNc1cnccn1)C(=O)O. The van der Waals surface area contributed by atoms with Crippen LogP contribution in [-0.4, -0.2) is 40.8 Å². The maximum atomic E-state index is 10.6. The second kappa shape index (κ2) is 5.13. The van der Waals surface area contributed by atoms with E-state index in [2.05, 4.69) is 15.3 Å². The molecule has 0 saturated heterocycles. The van der Waals surface area contributed by atoms with Gasteiger partial charge in [-0.25, -0.2) is 9.78 Å². The standard InChI is InChI=1S/C8H11N3O3/c1-14-6(8(12)13)4-11-7-5-9-2-3-10-7/h2-3,5-6H,4H2,1H3,(H,10,11)(H,12,13). The lowest BCUT2D eigenvalue weighted by molar-refractivity contribution is -0.147. The number of carboxylic acids is 1. The number of methoxy groups -OCH3 is 1. The Kier molecular flexibility index (Phi) is 3.81. The predicted octanol–water partition coefficient (Wildman–Crippen LogP) is -0.0119. The highest BCUT2D eigenvalue weighted by Crippen LogP contribution is 1.98. The molecule has 0 aliphatic heterocycles. The lowest BCUT2D eigenvalue weighted by atomic mass is 10.3. The zero-order valence-electron chi connectivity index (χ0n) is 7.67. The molecule has 6 heteroatoms. The quantitative estimate of drug-likeness (QED) is 0.690. The monoisotopic (exact) mass is 197 g/mol. The number of ether oxygens (including phenoxy) is 1. The van der Waals surface area contributed by atoms with E-state index < -0.39 is 12.1 Å². The molecule has 0 radical (unpaired) electrons.